The van der Waals surface area contributed by atoms with Gasteiger partial charge in [-0.3, -0.25) is 9.89 Å². The van der Waals surface area contributed by atoms with E-state index in [1.165, 1.54) is 0 Å². The second-order valence-electron chi connectivity index (χ2n) is 5.95. The third-order valence-corrected chi connectivity index (χ3v) is 2.85. The summed E-state index contributed by atoms with van der Waals surface area (Å²) in [5.74, 6) is -0.345. The molecular weight excluding hydrogens is 260 g/mol. The Labute approximate surface area is 116 Å². The largest absolute Gasteiger partial charge is 0.481 e. The van der Waals surface area contributed by atoms with Crippen LogP contribution in [0.4, 0.5) is 0 Å². The van der Waals surface area contributed by atoms with E-state index in [9.17, 15) is 4.79 Å². The Morgan fingerprint density at radius 3 is 2.80 bits per heavy atom. The van der Waals surface area contributed by atoms with E-state index in [0.717, 1.165) is 5.56 Å². The fourth-order valence-electron chi connectivity index (χ4n) is 2.16. The number of H-pyrrole nitrogens is 1. The first-order valence-electron chi connectivity index (χ1n) is 6.35. The summed E-state index contributed by atoms with van der Waals surface area (Å²) < 4.78 is 1.57. The molecule has 2 N–H and O–H groups in total. The number of nitrogens with zero attached hydrogens (tertiary/aromatic N) is 5. The molecule has 0 saturated heterocycles. The molecule has 1 unspecified atom stereocenters. The first-order chi connectivity index (χ1) is 9.37. The maximum absolute atomic E-state index is 11.1. The summed E-state index contributed by atoms with van der Waals surface area (Å²) in [6.07, 6.45) is 3.93. The van der Waals surface area contributed by atoms with Crippen LogP contribution in [0.5, 0.6) is 0 Å². The van der Waals surface area contributed by atoms with E-state index < -0.39 is 5.97 Å². The number of nitrogens with one attached hydrogen (secondary N) is 1. The number of carbonyl (C=O) groups is 1. The van der Waals surface area contributed by atoms with Gasteiger partial charge in [-0.1, -0.05) is 20.8 Å². The van der Waals surface area contributed by atoms with Crippen LogP contribution in [0.2, 0.25) is 0 Å². The zero-order valence-electron chi connectivity index (χ0n) is 11.7. The zero-order valence-corrected chi connectivity index (χ0v) is 11.7. The quantitative estimate of drug-likeness (QED) is 0.858. The summed E-state index contributed by atoms with van der Waals surface area (Å²) >= 11 is 0. The molecule has 2 rings (SSSR count). The van der Waals surface area contributed by atoms with Gasteiger partial charge in [0.25, 0.3) is 0 Å². The third-order valence-electron chi connectivity index (χ3n) is 2.85. The fraction of sp³-hybridized carbons (Fsp3) is 0.583. The molecule has 8 nitrogen and oxygen atoms in total. The summed E-state index contributed by atoms with van der Waals surface area (Å²) in [7, 11) is 0. The van der Waals surface area contributed by atoms with Crippen molar-refractivity contribution in [1.82, 2.24) is 30.4 Å². The van der Waals surface area contributed by atoms with Gasteiger partial charge in [-0.15, -0.1) is 5.10 Å². The predicted octanol–water partition coefficient (Wildman–Crippen LogP) is 1.52. The Bertz CT molecular complexity index is 569. The van der Waals surface area contributed by atoms with Gasteiger partial charge in [0.15, 0.2) is 5.82 Å². The summed E-state index contributed by atoms with van der Waals surface area (Å²) in [5, 5.41) is 27.3. The molecule has 20 heavy (non-hydrogen) atoms. The molecule has 0 saturated carbocycles. The lowest BCUT2D eigenvalue weighted by atomic mass is 9.87. The molecule has 2 heterocycles. The van der Waals surface area contributed by atoms with E-state index in [1.54, 1.807) is 17.1 Å². The molecule has 108 valence electrons. The maximum Gasteiger partial charge on any atom is 0.305 e. The van der Waals surface area contributed by atoms with Crippen molar-refractivity contribution < 1.29 is 9.90 Å². The number of hydrogen-bond acceptors (Lipinski definition) is 5. The minimum atomic E-state index is -0.868. The molecule has 8 heteroatoms. The van der Waals surface area contributed by atoms with Gasteiger partial charge in [0.1, 0.15) is 0 Å². The van der Waals surface area contributed by atoms with Crippen molar-refractivity contribution in [2.75, 3.05) is 0 Å². The van der Waals surface area contributed by atoms with Gasteiger partial charge in [-0.25, -0.2) is 4.68 Å². The SMILES string of the molecule is CC(C)(C)CC(CC(=O)O)n1nnnc1-c1cn[nH]c1. The van der Waals surface area contributed by atoms with Crippen LogP contribution in [0.3, 0.4) is 0 Å². The Morgan fingerprint density at radius 2 is 2.25 bits per heavy atom. The van der Waals surface area contributed by atoms with Crippen molar-refractivity contribution in [2.45, 2.75) is 39.7 Å². The number of hydrogen-bond donors (Lipinski definition) is 2. The first kappa shape index (κ1) is 14.2. The predicted molar refractivity (Wildman–Crippen MR) is 70.8 cm³/mol. The highest BCUT2D eigenvalue weighted by molar-refractivity contribution is 5.67. The van der Waals surface area contributed by atoms with Gasteiger partial charge in [-0.2, -0.15) is 5.10 Å². The van der Waals surface area contributed by atoms with Crippen molar-refractivity contribution in [3.8, 4) is 11.4 Å². The molecule has 0 spiro atoms. The monoisotopic (exact) mass is 278 g/mol. The van der Waals surface area contributed by atoms with E-state index in [4.69, 9.17) is 5.11 Å². The van der Waals surface area contributed by atoms with Crippen LogP contribution >= 0.6 is 0 Å². The minimum Gasteiger partial charge on any atom is -0.481 e. The average molecular weight is 278 g/mol. The Kier molecular flexibility index (Phi) is 3.82. The topological polar surface area (TPSA) is 110 Å². The van der Waals surface area contributed by atoms with Gasteiger partial charge in [0, 0.05) is 6.20 Å². The molecule has 0 aliphatic heterocycles. The summed E-state index contributed by atoms with van der Waals surface area (Å²) in [4.78, 5) is 11.1. The van der Waals surface area contributed by atoms with Crippen LogP contribution in [0.25, 0.3) is 11.4 Å². The zero-order chi connectivity index (χ0) is 14.8. The molecule has 1 atom stereocenters. The second-order valence-corrected chi connectivity index (χ2v) is 5.95. The number of carboxylic acid groups (broad SMARTS) is 1. The Hall–Kier alpha value is -2.25. The maximum atomic E-state index is 11.1. The van der Waals surface area contributed by atoms with Crippen LogP contribution < -0.4 is 0 Å². The lowest BCUT2D eigenvalue weighted by Crippen LogP contribution is -2.22. The summed E-state index contributed by atoms with van der Waals surface area (Å²) in [6, 6.07) is -0.299. The molecule has 0 aliphatic rings. The number of rotatable bonds is 5. The second kappa shape index (κ2) is 5.40. The molecule has 2 aromatic heterocycles. The molecule has 0 fully saturated rings. The molecule has 2 aromatic rings. The first-order valence-corrected chi connectivity index (χ1v) is 6.35. The average Bonchev–Trinajstić information content (AvgIpc) is 2.96. The lowest BCUT2D eigenvalue weighted by Gasteiger charge is -2.25. The van der Waals surface area contributed by atoms with Gasteiger partial charge < -0.3 is 5.11 Å². The van der Waals surface area contributed by atoms with Gasteiger partial charge in [0.05, 0.1) is 24.2 Å². The van der Waals surface area contributed by atoms with E-state index in [-0.39, 0.29) is 17.9 Å². The number of aromatic amines is 1. The van der Waals surface area contributed by atoms with E-state index in [1.807, 2.05) is 0 Å². The van der Waals surface area contributed by atoms with Crippen LogP contribution in [-0.2, 0) is 4.79 Å². The van der Waals surface area contributed by atoms with Crippen LogP contribution in [0.1, 0.15) is 39.7 Å². The van der Waals surface area contributed by atoms with Gasteiger partial charge in [-0.05, 0) is 22.3 Å². The summed E-state index contributed by atoms with van der Waals surface area (Å²) in [6.45, 7) is 6.18. The highest BCUT2D eigenvalue weighted by Crippen LogP contribution is 2.31. The third kappa shape index (κ3) is 3.40. The summed E-state index contributed by atoms with van der Waals surface area (Å²) in [5.41, 5.74) is 0.707. The number of carboxylic acids is 1. The van der Waals surface area contributed by atoms with Gasteiger partial charge in [0.2, 0.25) is 0 Å². The molecule has 0 bridgehead atoms. The standard InChI is InChI=1S/C12H18N6O2/c1-12(2,3)5-9(4-10(19)20)18-11(15-16-17-18)8-6-13-14-7-8/h6-7,9H,4-5H2,1-3H3,(H,13,14)(H,19,20). The molecule has 0 amide bonds. The highest BCUT2D eigenvalue weighted by atomic mass is 16.4. The Morgan fingerprint density at radius 1 is 1.50 bits per heavy atom. The van der Waals surface area contributed by atoms with Crippen LogP contribution in [0, 0.1) is 5.41 Å². The van der Waals surface area contributed by atoms with Crippen molar-refractivity contribution in [2.24, 2.45) is 5.41 Å². The van der Waals surface area contributed by atoms with Crippen molar-refractivity contribution in [1.29, 1.82) is 0 Å². The van der Waals surface area contributed by atoms with E-state index in [2.05, 4.69) is 46.5 Å². The van der Waals surface area contributed by atoms with Crippen molar-refractivity contribution >= 4 is 5.97 Å². The highest BCUT2D eigenvalue weighted by Gasteiger charge is 2.26. The fourth-order valence-corrected chi connectivity index (χ4v) is 2.16. The number of aliphatic carboxylic acids is 1. The van der Waals surface area contributed by atoms with E-state index in [0.29, 0.717) is 12.2 Å². The number of aromatic nitrogens is 6. The van der Waals surface area contributed by atoms with E-state index >= 15 is 0 Å². The lowest BCUT2D eigenvalue weighted by molar-refractivity contribution is -0.138. The van der Waals surface area contributed by atoms with Crippen LogP contribution in [-0.4, -0.2) is 41.5 Å². The van der Waals surface area contributed by atoms with Crippen molar-refractivity contribution in [3.63, 3.8) is 0 Å². The molecule has 0 aliphatic carbocycles. The van der Waals surface area contributed by atoms with Gasteiger partial charge >= 0.3 is 5.97 Å². The molecule has 0 radical (unpaired) electrons. The minimum absolute atomic E-state index is 0.0207. The number of tetrazole rings is 1. The molecular formula is C12H18N6O2. The molecule has 0 aromatic carbocycles. The van der Waals surface area contributed by atoms with Crippen LogP contribution in [0.15, 0.2) is 12.4 Å². The van der Waals surface area contributed by atoms with Crippen molar-refractivity contribution in [3.05, 3.63) is 12.4 Å². The normalized spacial score (nSPS) is 13.3. The smallest absolute Gasteiger partial charge is 0.305 e. The Balaban J connectivity index is 2.34.